The number of carbonyl (C=O) groups excluding carboxylic acids is 3. The highest BCUT2D eigenvalue weighted by Crippen LogP contribution is 2.38. The van der Waals surface area contributed by atoms with Gasteiger partial charge in [0, 0.05) is 12.3 Å². The van der Waals surface area contributed by atoms with Crippen molar-refractivity contribution in [2.45, 2.75) is 38.6 Å². The summed E-state index contributed by atoms with van der Waals surface area (Å²) in [5, 5.41) is 2.64. The molecule has 2 atom stereocenters. The highest BCUT2D eigenvalue weighted by Gasteiger charge is 2.48. The topological polar surface area (TPSA) is 88.1 Å². The van der Waals surface area contributed by atoms with E-state index in [0.717, 1.165) is 6.07 Å². The monoisotopic (exact) mass is 483 g/mol. The van der Waals surface area contributed by atoms with Gasteiger partial charge >= 0.3 is 0 Å². The van der Waals surface area contributed by atoms with E-state index in [2.05, 4.69) is 10.3 Å². The molecule has 2 aromatic carbocycles. The molecule has 0 aliphatic carbocycles. The number of rotatable bonds is 8. The average molecular weight is 484 g/mol. The molecular formula is C26H27F2N3O4. The maximum atomic E-state index is 14.8. The summed E-state index contributed by atoms with van der Waals surface area (Å²) in [6.07, 6.45) is 1.62. The summed E-state index contributed by atoms with van der Waals surface area (Å²) in [5.41, 5.74) is -0.658. The van der Waals surface area contributed by atoms with Gasteiger partial charge in [0.2, 0.25) is 5.91 Å². The Morgan fingerprint density at radius 2 is 1.94 bits per heavy atom. The van der Waals surface area contributed by atoms with Crippen molar-refractivity contribution in [3.05, 3.63) is 65.2 Å². The van der Waals surface area contributed by atoms with Crippen LogP contribution < -0.4 is 5.32 Å². The highest BCUT2D eigenvalue weighted by molar-refractivity contribution is 6.11. The van der Waals surface area contributed by atoms with Crippen LogP contribution in [0.15, 0.2) is 47.5 Å². The second kappa shape index (κ2) is 10.0. The van der Waals surface area contributed by atoms with E-state index >= 15 is 0 Å². The molecule has 1 saturated heterocycles. The normalized spacial score (nSPS) is 21.8. The lowest BCUT2D eigenvalue weighted by Gasteiger charge is -2.26. The van der Waals surface area contributed by atoms with Gasteiger partial charge in [-0.1, -0.05) is 25.5 Å². The number of Topliss-reactive ketones (excluding diaryl/α,β-unsaturated/α-hetero) is 1. The molecule has 0 bridgehead atoms. The van der Waals surface area contributed by atoms with E-state index < -0.39 is 28.9 Å². The van der Waals surface area contributed by atoms with Crippen LogP contribution in [0.4, 0.5) is 14.5 Å². The molecule has 2 aliphatic rings. The van der Waals surface area contributed by atoms with Gasteiger partial charge in [-0.15, -0.1) is 0 Å². The number of nitrogens with zero attached hydrogens (tertiary/aromatic N) is 2. The first kappa shape index (κ1) is 24.7. The van der Waals surface area contributed by atoms with Crippen molar-refractivity contribution in [2.24, 2.45) is 10.9 Å². The zero-order valence-corrected chi connectivity index (χ0v) is 19.6. The number of halogens is 2. The molecule has 0 saturated carbocycles. The van der Waals surface area contributed by atoms with Crippen LogP contribution in [0.3, 0.4) is 0 Å². The summed E-state index contributed by atoms with van der Waals surface area (Å²) in [7, 11) is 0. The number of ketones is 1. The summed E-state index contributed by atoms with van der Waals surface area (Å²) in [6, 6.07) is 9.43. The molecule has 0 radical (unpaired) electrons. The number of anilines is 1. The molecule has 2 aliphatic heterocycles. The van der Waals surface area contributed by atoms with Crippen molar-refractivity contribution in [3.8, 4) is 0 Å². The van der Waals surface area contributed by atoms with E-state index in [9.17, 15) is 23.2 Å². The van der Waals surface area contributed by atoms with Gasteiger partial charge in [0.15, 0.2) is 11.3 Å². The summed E-state index contributed by atoms with van der Waals surface area (Å²) in [5.74, 6) is -2.43. The first-order valence-corrected chi connectivity index (χ1v) is 11.6. The van der Waals surface area contributed by atoms with Gasteiger partial charge < -0.3 is 10.1 Å². The molecule has 2 aromatic rings. The van der Waals surface area contributed by atoms with Crippen LogP contribution in [-0.2, 0) is 19.9 Å². The van der Waals surface area contributed by atoms with Crippen LogP contribution in [0, 0.1) is 17.6 Å². The second-order valence-corrected chi connectivity index (χ2v) is 8.84. The first-order valence-electron chi connectivity index (χ1n) is 11.6. The summed E-state index contributed by atoms with van der Waals surface area (Å²) >= 11 is 0. The summed E-state index contributed by atoms with van der Waals surface area (Å²) in [4.78, 5) is 44.5. The Balaban J connectivity index is 1.50. The molecule has 1 fully saturated rings. The largest absolute Gasteiger partial charge is 0.381 e. The number of amidine groups is 1. The van der Waals surface area contributed by atoms with Gasteiger partial charge in [-0.2, -0.15) is 0 Å². The van der Waals surface area contributed by atoms with Crippen molar-refractivity contribution in [1.82, 2.24) is 4.90 Å². The molecule has 2 unspecified atom stereocenters. The molecule has 2 heterocycles. The van der Waals surface area contributed by atoms with Crippen LogP contribution in [0.1, 0.15) is 49.0 Å². The fourth-order valence-electron chi connectivity index (χ4n) is 4.56. The van der Waals surface area contributed by atoms with Gasteiger partial charge in [-0.25, -0.2) is 8.78 Å². The molecule has 2 amide bonds. The Labute approximate surface area is 202 Å². The average Bonchev–Trinajstić information content (AvgIpc) is 3.44. The van der Waals surface area contributed by atoms with Crippen molar-refractivity contribution >= 4 is 29.1 Å². The number of ether oxygens (including phenoxy) is 1. The van der Waals surface area contributed by atoms with E-state index in [1.807, 2.05) is 6.92 Å². The van der Waals surface area contributed by atoms with E-state index in [1.165, 1.54) is 41.3 Å². The molecule has 0 spiro atoms. The van der Waals surface area contributed by atoms with Crippen LogP contribution in [0.5, 0.6) is 0 Å². The Morgan fingerprint density at radius 1 is 1.20 bits per heavy atom. The molecule has 7 nitrogen and oxygen atoms in total. The Kier molecular flexibility index (Phi) is 7.07. The molecule has 9 heteroatoms. The third kappa shape index (κ3) is 4.86. The van der Waals surface area contributed by atoms with Crippen LogP contribution in [0.2, 0.25) is 0 Å². The minimum Gasteiger partial charge on any atom is -0.381 e. The lowest BCUT2D eigenvalue weighted by atomic mass is 9.85. The first-order chi connectivity index (χ1) is 16.7. The van der Waals surface area contributed by atoms with E-state index in [1.54, 1.807) is 6.92 Å². The van der Waals surface area contributed by atoms with Crippen LogP contribution in [0.25, 0.3) is 0 Å². The molecule has 1 N–H and O–H groups in total. The fourth-order valence-corrected chi connectivity index (χ4v) is 4.56. The third-order valence-electron chi connectivity index (χ3n) is 6.42. The number of hydrogen-bond acceptors (Lipinski definition) is 5. The van der Waals surface area contributed by atoms with Crippen molar-refractivity contribution in [3.63, 3.8) is 0 Å². The number of nitrogens with one attached hydrogen (secondary N) is 1. The van der Waals surface area contributed by atoms with E-state index in [-0.39, 0.29) is 29.6 Å². The van der Waals surface area contributed by atoms with Gasteiger partial charge in [-0.3, -0.25) is 24.3 Å². The molecule has 35 heavy (non-hydrogen) atoms. The number of aliphatic imine (C=N–C) groups is 1. The van der Waals surface area contributed by atoms with Crippen LogP contribution >= 0.6 is 0 Å². The lowest BCUT2D eigenvalue weighted by molar-refractivity contribution is -0.131. The van der Waals surface area contributed by atoms with E-state index in [4.69, 9.17) is 4.74 Å². The van der Waals surface area contributed by atoms with Crippen molar-refractivity contribution in [2.75, 3.05) is 25.1 Å². The zero-order chi connectivity index (χ0) is 25.2. The quantitative estimate of drug-likeness (QED) is 0.573. The summed E-state index contributed by atoms with van der Waals surface area (Å²) < 4.78 is 33.5. The second-order valence-electron chi connectivity index (χ2n) is 8.84. The maximum absolute atomic E-state index is 14.8. The summed E-state index contributed by atoms with van der Waals surface area (Å²) in [6.45, 7) is 3.98. The smallest absolute Gasteiger partial charge is 0.260 e. The van der Waals surface area contributed by atoms with Crippen LogP contribution in [-0.4, -0.2) is 48.1 Å². The molecular weight excluding hydrogens is 456 g/mol. The number of carbonyl (C=O) groups is 3. The Bertz CT molecular complexity index is 1180. The Hall–Kier alpha value is -3.46. The predicted octanol–water partition coefficient (Wildman–Crippen LogP) is 4.08. The van der Waals surface area contributed by atoms with Crippen molar-refractivity contribution < 1.29 is 27.9 Å². The van der Waals surface area contributed by atoms with Gasteiger partial charge in [0.1, 0.15) is 17.5 Å². The standard InChI is InChI=1S/C26H27F2N3O4/c1-3-11-26(18-4-6-19(27)7-5-18)25(34)31(16(2)30-26)14-23(32)21-9-8-20(13-22(21)28)29-24(33)17-10-12-35-15-17/h4-9,13,17H,3,10-12,14-15H2,1-2H3,(H,29,33). The molecule has 0 aromatic heterocycles. The fraction of sp³-hybridized carbons (Fsp3) is 0.385. The van der Waals surface area contributed by atoms with Crippen molar-refractivity contribution in [1.29, 1.82) is 0 Å². The molecule has 4 rings (SSSR count). The zero-order valence-electron chi connectivity index (χ0n) is 19.6. The Morgan fingerprint density at radius 3 is 2.57 bits per heavy atom. The number of amides is 2. The van der Waals surface area contributed by atoms with Gasteiger partial charge in [0.25, 0.3) is 5.91 Å². The number of hydrogen-bond donors (Lipinski definition) is 1. The maximum Gasteiger partial charge on any atom is 0.260 e. The SMILES string of the molecule is CCCC1(c2ccc(F)cc2)N=C(C)N(CC(=O)c2ccc(NC(=O)C3CCOC3)cc2F)C1=O. The van der Waals surface area contributed by atoms with Gasteiger partial charge in [0.05, 0.1) is 24.6 Å². The van der Waals surface area contributed by atoms with E-state index in [0.29, 0.717) is 43.9 Å². The lowest BCUT2D eigenvalue weighted by Crippen LogP contribution is -2.43. The number of benzene rings is 2. The predicted molar refractivity (Wildman–Crippen MR) is 126 cm³/mol. The highest BCUT2D eigenvalue weighted by atomic mass is 19.1. The minimum atomic E-state index is -1.25. The third-order valence-corrected chi connectivity index (χ3v) is 6.42. The minimum absolute atomic E-state index is 0.192. The molecule has 184 valence electrons. The van der Waals surface area contributed by atoms with Gasteiger partial charge in [-0.05, 0) is 55.7 Å².